The third-order valence-electron chi connectivity index (χ3n) is 3.15. The highest BCUT2D eigenvalue weighted by Gasteiger charge is 2.35. The highest BCUT2D eigenvalue weighted by molar-refractivity contribution is 8.18. The maximum absolute atomic E-state index is 12.2. The van der Waals surface area contributed by atoms with Gasteiger partial charge in [-0.1, -0.05) is 0 Å². The second-order valence-electron chi connectivity index (χ2n) is 4.58. The molecule has 0 radical (unpaired) electrons. The Bertz CT molecular complexity index is 685. The van der Waals surface area contributed by atoms with Gasteiger partial charge in [-0.2, -0.15) is 0 Å². The van der Waals surface area contributed by atoms with Gasteiger partial charge in [-0.25, -0.2) is 0 Å². The van der Waals surface area contributed by atoms with Crippen molar-refractivity contribution in [2.45, 2.75) is 6.42 Å². The molecule has 0 spiro atoms. The van der Waals surface area contributed by atoms with Crippen LogP contribution in [0.1, 0.15) is 12.0 Å². The Labute approximate surface area is 136 Å². The molecule has 1 saturated heterocycles. The lowest BCUT2D eigenvalue weighted by molar-refractivity contribution is -0.137. The molecule has 2 amide bonds. The van der Waals surface area contributed by atoms with Crippen LogP contribution in [0.25, 0.3) is 6.08 Å². The number of carbonyl (C=O) groups is 3. The summed E-state index contributed by atoms with van der Waals surface area (Å²) in [6.07, 6.45) is 1.26. The first kappa shape index (κ1) is 16.9. The van der Waals surface area contributed by atoms with Crippen LogP contribution in [0, 0.1) is 0 Å². The summed E-state index contributed by atoms with van der Waals surface area (Å²) < 4.78 is 10.3. The van der Waals surface area contributed by atoms with Gasteiger partial charge in [0.05, 0.1) is 25.5 Å². The number of hydrogen-bond acceptors (Lipinski definition) is 6. The number of hydrogen-bond donors (Lipinski definition) is 1. The van der Waals surface area contributed by atoms with E-state index in [0.717, 1.165) is 16.7 Å². The van der Waals surface area contributed by atoms with Crippen molar-refractivity contribution in [3.63, 3.8) is 0 Å². The van der Waals surface area contributed by atoms with Gasteiger partial charge in [0.2, 0.25) is 0 Å². The number of imide groups is 1. The van der Waals surface area contributed by atoms with E-state index in [4.69, 9.17) is 14.6 Å². The van der Waals surface area contributed by atoms with Gasteiger partial charge in [-0.05, 0) is 30.0 Å². The van der Waals surface area contributed by atoms with Crippen LogP contribution in [0.3, 0.4) is 0 Å². The van der Waals surface area contributed by atoms with Crippen molar-refractivity contribution in [2.24, 2.45) is 0 Å². The van der Waals surface area contributed by atoms with Crippen molar-refractivity contribution in [3.8, 4) is 11.5 Å². The van der Waals surface area contributed by atoms with Crippen LogP contribution < -0.4 is 9.47 Å². The molecule has 122 valence electrons. The topological polar surface area (TPSA) is 93.1 Å². The molecule has 8 heteroatoms. The standard InChI is InChI=1S/C15H15NO6S/c1-21-10-4-3-9(11(8-10)22-2)7-12-14(19)16(15(20)23-12)6-5-13(17)18/h3-4,7-8H,5-6H2,1-2H3,(H,17,18)/b12-7-. The zero-order chi connectivity index (χ0) is 17.0. The minimum atomic E-state index is -1.06. The van der Waals surface area contributed by atoms with E-state index in [0.29, 0.717) is 17.1 Å². The Morgan fingerprint density at radius 3 is 2.65 bits per heavy atom. The molecule has 1 N–H and O–H groups in total. The van der Waals surface area contributed by atoms with Crippen LogP contribution >= 0.6 is 11.8 Å². The van der Waals surface area contributed by atoms with E-state index in [9.17, 15) is 14.4 Å². The fourth-order valence-electron chi connectivity index (χ4n) is 1.98. The molecule has 1 aromatic rings. The minimum Gasteiger partial charge on any atom is -0.497 e. The van der Waals surface area contributed by atoms with E-state index in [-0.39, 0.29) is 17.9 Å². The van der Waals surface area contributed by atoms with Crippen LogP contribution in [-0.2, 0) is 9.59 Å². The molecule has 0 saturated carbocycles. The van der Waals surface area contributed by atoms with Gasteiger partial charge in [0.25, 0.3) is 11.1 Å². The van der Waals surface area contributed by atoms with Gasteiger partial charge in [0.1, 0.15) is 11.5 Å². The quantitative estimate of drug-likeness (QED) is 0.795. The normalized spacial score (nSPS) is 16.1. The molecule has 0 bridgehead atoms. The molecule has 1 aliphatic heterocycles. The molecule has 0 unspecified atom stereocenters. The number of carbonyl (C=O) groups excluding carboxylic acids is 2. The summed E-state index contributed by atoms with van der Waals surface area (Å²) in [7, 11) is 3.02. The van der Waals surface area contributed by atoms with Gasteiger partial charge in [-0.15, -0.1) is 0 Å². The molecule has 1 fully saturated rings. The summed E-state index contributed by atoms with van der Waals surface area (Å²) in [6, 6.07) is 5.09. The van der Waals surface area contributed by atoms with Crippen molar-refractivity contribution in [2.75, 3.05) is 20.8 Å². The van der Waals surface area contributed by atoms with E-state index < -0.39 is 17.1 Å². The highest BCUT2D eigenvalue weighted by Crippen LogP contribution is 2.35. The number of methoxy groups -OCH3 is 2. The maximum atomic E-state index is 12.2. The SMILES string of the molecule is COc1ccc(/C=C2\SC(=O)N(CCC(=O)O)C2=O)c(OC)c1. The van der Waals surface area contributed by atoms with Crippen LogP contribution in [0.4, 0.5) is 4.79 Å². The number of amides is 2. The Morgan fingerprint density at radius 2 is 2.04 bits per heavy atom. The zero-order valence-corrected chi connectivity index (χ0v) is 13.4. The molecule has 1 heterocycles. The minimum absolute atomic E-state index is 0.142. The van der Waals surface area contributed by atoms with E-state index in [1.165, 1.54) is 14.2 Å². The van der Waals surface area contributed by atoms with Gasteiger partial charge in [-0.3, -0.25) is 19.3 Å². The lowest BCUT2D eigenvalue weighted by Gasteiger charge is -2.10. The predicted molar refractivity (Wildman–Crippen MR) is 84.5 cm³/mol. The van der Waals surface area contributed by atoms with E-state index >= 15 is 0 Å². The molecule has 0 aromatic heterocycles. The predicted octanol–water partition coefficient (Wildman–Crippen LogP) is 2.21. The second kappa shape index (κ2) is 7.19. The van der Waals surface area contributed by atoms with Crippen LogP contribution in [0.5, 0.6) is 11.5 Å². The summed E-state index contributed by atoms with van der Waals surface area (Å²) in [4.78, 5) is 35.8. The molecule has 0 atom stereocenters. The number of nitrogens with zero attached hydrogens (tertiary/aromatic N) is 1. The fraction of sp³-hybridized carbons (Fsp3) is 0.267. The Balaban J connectivity index is 2.25. The fourth-order valence-corrected chi connectivity index (χ4v) is 2.84. The second-order valence-corrected chi connectivity index (χ2v) is 5.58. The number of thioether (sulfide) groups is 1. The summed E-state index contributed by atoms with van der Waals surface area (Å²) in [5.41, 5.74) is 0.622. The van der Waals surface area contributed by atoms with Crippen LogP contribution in [0.2, 0.25) is 0 Å². The van der Waals surface area contributed by atoms with Crippen molar-refractivity contribution in [1.82, 2.24) is 4.90 Å². The molecule has 1 aliphatic rings. The lowest BCUT2D eigenvalue weighted by Crippen LogP contribution is -2.30. The number of rotatable bonds is 6. The zero-order valence-electron chi connectivity index (χ0n) is 12.6. The van der Waals surface area contributed by atoms with Gasteiger partial charge in [0, 0.05) is 18.2 Å². The number of benzene rings is 1. The third-order valence-corrected chi connectivity index (χ3v) is 4.06. The Kier molecular flexibility index (Phi) is 5.28. The molecular weight excluding hydrogens is 322 g/mol. The summed E-state index contributed by atoms with van der Waals surface area (Å²) in [5.74, 6) is -0.459. The molecule has 0 aliphatic carbocycles. The molecular formula is C15H15NO6S. The van der Waals surface area contributed by atoms with E-state index in [1.807, 2.05) is 0 Å². The van der Waals surface area contributed by atoms with Gasteiger partial charge < -0.3 is 14.6 Å². The van der Waals surface area contributed by atoms with Crippen molar-refractivity contribution >= 4 is 35.0 Å². The van der Waals surface area contributed by atoms with E-state index in [2.05, 4.69) is 0 Å². The average molecular weight is 337 g/mol. The first-order valence-corrected chi connectivity index (χ1v) is 7.47. The van der Waals surface area contributed by atoms with Crippen molar-refractivity contribution in [3.05, 3.63) is 28.7 Å². The van der Waals surface area contributed by atoms with Crippen LogP contribution in [0.15, 0.2) is 23.1 Å². The van der Waals surface area contributed by atoms with Crippen LogP contribution in [-0.4, -0.2) is 47.9 Å². The molecule has 2 rings (SSSR count). The summed E-state index contributed by atoms with van der Waals surface area (Å²) >= 11 is 0.776. The smallest absolute Gasteiger partial charge is 0.305 e. The molecule has 23 heavy (non-hydrogen) atoms. The number of ether oxygens (including phenoxy) is 2. The highest BCUT2D eigenvalue weighted by atomic mass is 32.2. The maximum Gasteiger partial charge on any atom is 0.305 e. The summed E-state index contributed by atoms with van der Waals surface area (Å²) in [6.45, 7) is -0.142. The summed E-state index contributed by atoms with van der Waals surface area (Å²) in [5, 5.41) is 8.19. The monoisotopic (exact) mass is 337 g/mol. The van der Waals surface area contributed by atoms with E-state index in [1.54, 1.807) is 24.3 Å². The lowest BCUT2D eigenvalue weighted by atomic mass is 10.1. The van der Waals surface area contributed by atoms with Crippen molar-refractivity contribution in [1.29, 1.82) is 0 Å². The number of carboxylic acid groups (broad SMARTS) is 1. The molecule has 7 nitrogen and oxygen atoms in total. The first-order chi connectivity index (χ1) is 11.0. The average Bonchev–Trinajstić information content (AvgIpc) is 2.79. The largest absolute Gasteiger partial charge is 0.497 e. The number of aliphatic carboxylic acids is 1. The van der Waals surface area contributed by atoms with Crippen molar-refractivity contribution < 1.29 is 29.0 Å². The third kappa shape index (κ3) is 3.84. The molecule has 1 aromatic carbocycles. The van der Waals surface area contributed by atoms with Gasteiger partial charge >= 0.3 is 5.97 Å². The Morgan fingerprint density at radius 1 is 1.30 bits per heavy atom. The first-order valence-electron chi connectivity index (χ1n) is 6.65. The number of carboxylic acids is 1. The Hall–Kier alpha value is -2.48. The van der Waals surface area contributed by atoms with Gasteiger partial charge in [0.15, 0.2) is 0 Å².